The summed E-state index contributed by atoms with van der Waals surface area (Å²) >= 11 is 0. The third-order valence-electron chi connectivity index (χ3n) is 7.07. The highest BCUT2D eigenvalue weighted by Gasteiger charge is 2.51. The first kappa shape index (κ1) is 20.1. The number of hydrogen-bond donors (Lipinski definition) is 2. The van der Waals surface area contributed by atoms with Gasteiger partial charge in [0.2, 0.25) is 0 Å². The molecule has 0 bridgehead atoms. The van der Waals surface area contributed by atoms with Crippen LogP contribution in [0, 0.1) is 0 Å². The Bertz CT molecular complexity index is 1320. The number of rotatable bonds is 4. The molecule has 1 fully saturated rings. The molecular formula is C27H26N4O2. The first-order valence-corrected chi connectivity index (χ1v) is 11.3. The summed E-state index contributed by atoms with van der Waals surface area (Å²) in [4.78, 5) is 9.36. The molecule has 6 heteroatoms. The summed E-state index contributed by atoms with van der Waals surface area (Å²) in [5.74, 6) is 1.65. The van der Waals surface area contributed by atoms with Crippen molar-refractivity contribution in [3.05, 3.63) is 78.6 Å². The van der Waals surface area contributed by atoms with Crippen LogP contribution in [-0.2, 0) is 12.3 Å². The highest BCUT2D eigenvalue weighted by molar-refractivity contribution is 5.83. The van der Waals surface area contributed by atoms with Crippen LogP contribution in [0.25, 0.3) is 33.9 Å². The van der Waals surface area contributed by atoms with E-state index in [1.165, 1.54) is 0 Å². The number of aromatic nitrogens is 3. The number of hydrogen-bond acceptors (Lipinski definition) is 5. The monoisotopic (exact) mass is 438 g/mol. The summed E-state index contributed by atoms with van der Waals surface area (Å²) in [7, 11) is 0. The molecule has 0 unspecified atom stereocenters. The standard InChI is InChI=1S/C27H26N4O2/c1-2-26(32)15-27(28,16-26)20-10-8-18(9-11-20)23-24(19-6-4-3-5-7-19)31-17-33-22-12-13-29-14-21(22)25(31)30-23/h3-14,32H,2,15-17,28H2,1H3/t26-,27-. The van der Waals surface area contributed by atoms with E-state index in [1.54, 1.807) is 12.4 Å². The Morgan fingerprint density at radius 2 is 1.79 bits per heavy atom. The molecule has 1 aliphatic carbocycles. The first-order valence-electron chi connectivity index (χ1n) is 11.3. The van der Waals surface area contributed by atoms with Gasteiger partial charge in [-0.05, 0) is 30.9 Å². The zero-order chi connectivity index (χ0) is 22.6. The molecule has 0 radical (unpaired) electrons. The molecule has 2 aromatic carbocycles. The van der Waals surface area contributed by atoms with Crippen molar-refractivity contribution in [1.29, 1.82) is 0 Å². The number of ether oxygens (including phenoxy) is 1. The van der Waals surface area contributed by atoms with E-state index in [9.17, 15) is 5.11 Å². The zero-order valence-corrected chi connectivity index (χ0v) is 18.5. The molecule has 0 spiro atoms. The van der Waals surface area contributed by atoms with Crippen LogP contribution in [-0.4, -0.2) is 25.2 Å². The molecule has 4 aromatic rings. The topological polar surface area (TPSA) is 86.2 Å². The van der Waals surface area contributed by atoms with E-state index in [2.05, 4.69) is 45.9 Å². The third kappa shape index (κ3) is 3.17. The van der Waals surface area contributed by atoms with Gasteiger partial charge in [-0.25, -0.2) is 4.98 Å². The van der Waals surface area contributed by atoms with Gasteiger partial charge in [0, 0.05) is 29.1 Å². The molecule has 1 aliphatic heterocycles. The Kier molecular flexibility index (Phi) is 4.44. The molecule has 166 valence electrons. The predicted octanol–water partition coefficient (Wildman–Crippen LogP) is 4.72. The molecule has 6 nitrogen and oxygen atoms in total. The molecule has 0 saturated heterocycles. The Labute approximate surface area is 192 Å². The fraction of sp³-hybridized carbons (Fsp3) is 0.259. The minimum atomic E-state index is -0.641. The predicted molar refractivity (Wildman–Crippen MR) is 127 cm³/mol. The van der Waals surface area contributed by atoms with E-state index >= 15 is 0 Å². The van der Waals surface area contributed by atoms with E-state index in [0.717, 1.165) is 51.6 Å². The SMILES string of the molecule is CC[C@]1(O)C[C@@](N)(c2ccc(-c3nc4n(c3-c3ccccc3)COc3ccncc3-4)cc2)C1. The normalized spacial score (nSPS) is 23.2. The Hall–Kier alpha value is -3.48. The second kappa shape index (κ2) is 7.27. The van der Waals surface area contributed by atoms with Gasteiger partial charge < -0.3 is 15.6 Å². The minimum Gasteiger partial charge on any atom is -0.472 e. The Morgan fingerprint density at radius 3 is 2.52 bits per heavy atom. The number of benzene rings is 2. The summed E-state index contributed by atoms with van der Waals surface area (Å²) in [6, 6.07) is 20.5. The van der Waals surface area contributed by atoms with Crippen molar-refractivity contribution in [2.75, 3.05) is 0 Å². The summed E-state index contributed by atoms with van der Waals surface area (Å²) in [5.41, 5.74) is 11.4. The van der Waals surface area contributed by atoms with Crippen molar-refractivity contribution in [2.45, 2.75) is 44.1 Å². The van der Waals surface area contributed by atoms with Crippen molar-refractivity contribution in [2.24, 2.45) is 5.73 Å². The maximum Gasteiger partial charge on any atom is 0.167 e. The molecule has 0 amide bonds. The van der Waals surface area contributed by atoms with Crippen LogP contribution in [0.5, 0.6) is 5.75 Å². The number of pyridine rings is 1. The number of aliphatic hydroxyl groups is 1. The molecule has 2 aromatic heterocycles. The van der Waals surface area contributed by atoms with Gasteiger partial charge in [0.1, 0.15) is 11.6 Å². The molecule has 0 atom stereocenters. The molecule has 33 heavy (non-hydrogen) atoms. The van der Waals surface area contributed by atoms with E-state index in [0.29, 0.717) is 19.6 Å². The van der Waals surface area contributed by atoms with Crippen molar-refractivity contribution in [3.8, 4) is 39.7 Å². The lowest BCUT2D eigenvalue weighted by Crippen LogP contribution is -2.59. The van der Waals surface area contributed by atoms with Gasteiger partial charge in [-0.3, -0.25) is 9.55 Å². The van der Waals surface area contributed by atoms with Crippen LogP contribution >= 0.6 is 0 Å². The zero-order valence-electron chi connectivity index (χ0n) is 18.5. The lowest BCUT2D eigenvalue weighted by Gasteiger charge is -2.51. The quantitative estimate of drug-likeness (QED) is 0.482. The number of fused-ring (bicyclic) bond motifs is 3. The van der Waals surface area contributed by atoms with Crippen LogP contribution < -0.4 is 10.5 Å². The molecule has 6 rings (SSSR count). The fourth-order valence-corrected chi connectivity index (χ4v) is 5.22. The largest absolute Gasteiger partial charge is 0.472 e. The number of nitrogens with zero attached hydrogens (tertiary/aromatic N) is 3. The smallest absolute Gasteiger partial charge is 0.167 e. The summed E-state index contributed by atoms with van der Waals surface area (Å²) in [6.45, 7) is 2.40. The first-order chi connectivity index (χ1) is 16.0. The van der Waals surface area contributed by atoms with Crippen molar-refractivity contribution >= 4 is 0 Å². The van der Waals surface area contributed by atoms with Gasteiger partial charge >= 0.3 is 0 Å². The van der Waals surface area contributed by atoms with Gasteiger partial charge in [-0.15, -0.1) is 0 Å². The van der Waals surface area contributed by atoms with Crippen LogP contribution in [0.2, 0.25) is 0 Å². The average molecular weight is 439 g/mol. The van der Waals surface area contributed by atoms with Gasteiger partial charge in [0.25, 0.3) is 0 Å². The van der Waals surface area contributed by atoms with Crippen molar-refractivity contribution < 1.29 is 9.84 Å². The van der Waals surface area contributed by atoms with Gasteiger partial charge in [-0.2, -0.15) is 0 Å². The lowest BCUT2D eigenvalue weighted by molar-refractivity contribution is -0.0916. The molecule has 3 N–H and O–H groups in total. The van der Waals surface area contributed by atoms with Crippen LogP contribution in [0.1, 0.15) is 31.7 Å². The second-order valence-corrected chi connectivity index (χ2v) is 9.24. The molecule has 1 saturated carbocycles. The van der Waals surface area contributed by atoms with Crippen LogP contribution in [0.4, 0.5) is 0 Å². The average Bonchev–Trinajstić information content (AvgIpc) is 3.24. The van der Waals surface area contributed by atoms with Crippen LogP contribution in [0.3, 0.4) is 0 Å². The molecule has 3 heterocycles. The molecular weight excluding hydrogens is 412 g/mol. The second-order valence-electron chi connectivity index (χ2n) is 9.24. The highest BCUT2D eigenvalue weighted by atomic mass is 16.5. The fourth-order valence-electron chi connectivity index (χ4n) is 5.22. The maximum absolute atomic E-state index is 10.5. The highest BCUT2D eigenvalue weighted by Crippen LogP contribution is 2.48. The van der Waals surface area contributed by atoms with Gasteiger partial charge in [0.15, 0.2) is 6.73 Å². The number of nitrogens with two attached hydrogens (primary N) is 1. The summed E-state index contributed by atoms with van der Waals surface area (Å²) in [5, 5.41) is 10.5. The Balaban J connectivity index is 1.45. The third-order valence-corrected chi connectivity index (χ3v) is 7.07. The number of imidazole rings is 1. The van der Waals surface area contributed by atoms with E-state index < -0.39 is 11.1 Å². The van der Waals surface area contributed by atoms with Crippen molar-refractivity contribution in [3.63, 3.8) is 0 Å². The van der Waals surface area contributed by atoms with Gasteiger partial charge in [0.05, 0.1) is 22.6 Å². The van der Waals surface area contributed by atoms with E-state index in [1.807, 2.05) is 31.2 Å². The summed E-state index contributed by atoms with van der Waals surface area (Å²) < 4.78 is 8.13. The van der Waals surface area contributed by atoms with E-state index in [4.69, 9.17) is 15.5 Å². The minimum absolute atomic E-state index is 0.392. The lowest BCUT2D eigenvalue weighted by atomic mass is 9.61. The van der Waals surface area contributed by atoms with E-state index in [-0.39, 0.29) is 0 Å². The van der Waals surface area contributed by atoms with Crippen molar-refractivity contribution in [1.82, 2.24) is 14.5 Å². The van der Waals surface area contributed by atoms with Crippen LogP contribution in [0.15, 0.2) is 73.1 Å². The Morgan fingerprint density at radius 1 is 1.03 bits per heavy atom. The summed E-state index contributed by atoms with van der Waals surface area (Å²) in [6.07, 6.45) is 5.44. The molecule has 2 aliphatic rings. The van der Waals surface area contributed by atoms with Gasteiger partial charge in [-0.1, -0.05) is 61.5 Å². The maximum atomic E-state index is 10.5.